The van der Waals surface area contributed by atoms with E-state index < -0.39 is 0 Å². The summed E-state index contributed by atoms with van der Waals surface area (Å²) in [5.74, 6) is 0.991. The second-order valence-corrected chi connectivity index (χ2v) is 8.88. The van der Waals surface area contributed by atoms with Crippen molar-refractivity contribution in [1.82, 2.24) is 9.55 Å². The molecule has 1 aliphatic carbocycles. The molecule has 34 heavy (non-hydrogen) atoms. The quantitative estimate of drug-likeness (QED) is 0.288. The van der Waals surface area contributed by atoms with E-state index in [4.69, 9.17) is 4.98 Å². The fourth-order valence-corrected chi connectivity index (χ4v) is 5.28. The van der Waals surface area contributed by atoms with Crippen LogP contribution in [0.25, 0.3) is 39.0 Å². The molecule has 0 amide bonds. The minimum Gasteiger partial charge on any atom is -0.302 e. The van der Waals surface area contributed by atoms with Crippen molar-refractivity contribution in [2.45, 2.75) is 12.5 Å². The van der Waals surface area contributed by atoms with Crippen molar-refractivity contribution in [3.05, 3.63) is 121 Å². The van der Waals surface area contributed by atoms with E-state index in [0.717, 1.165) is 23.4 Å². The van der Waals surface area contributed by atoms with Gasteiger partial charge in [-0.15, -0.1) is 0 Å². The minimum absolute atomic E-state index is 0.228. The van der Waals surface area contributed by atoms with E-state index in [1.807, 2.05) is 0 Å². The number of imidazole rings is 1. The molecule has 1 atom stereocenters. The van der Waals surface area contributed by atoms with Crippen molar-refractivity contribution in [2.75, 3.05) is 4.90 Å². The number of nitrogens with zero attached hydrogens (tertiary/aromatic N) is 3. The number of hydrogen-bond acceptors (Lipinski definition) is 2. The van der Waals surface area contributed by atoms with Crippen LogP contribution in [0, 0.1) is 0 Å². The van der Waals surface area contributed by atoms with Gasteiger partial charge in [-0.25, -0.2) is 4.98 Å². The van der Waals surface area contributed by atoms with Gasteiger partial charge in [0.25, 0.3) is 0 Å². The molecule has 0 fully saturated rings. The highest BCUT2D eigenvalue weighted by atomic mass is 15.4. The van der Waals surface area contributed by atoms with E-state index in [1.165, 1.54) is 33.6 Å². The summed E-state index contributed by atoms with van der Waals surface area (Å²) in [6, 6.07) is 36.9. The first-order valence-corrected chi connectivity index (χ1v) is 11.8. The fourth-order valence-electron chi connectivity index (χ4n) is 5.28. The van der Waals surface area contributed by atoms with Gasteiger partial charge in [-0.2, -0.15) is 0 Å². The standard InChI is InChI=1S/C31H23N3/c1-3-11-22(12-4-1)24-19-25(23-13-5-2-6-14-23)21-26(20-24)33-29-17-9-10-18-30(29)34-28-16-8-7-15-27(28)32-31(33)34/h1-16,18-21,29H,17H2. The number of fused-ring (bicyclic) bond motifs is 5. The number of aromatic nitrogens is 2. The lowest BCUT2D eigenvalue weighted by Crippen LogP contribution is -2.27. The summed E-state index contributed by atoms with van der Waals surface area (Å²) in [6.45, 7) is 0. The SMILES string of the molecule is C1=CCC2C(=C1)n1c(nc3ccccc31)N2c1cc(-c2ccccc2)cc(-c2ccccc2)c1. The third-order valence-electron chi connectivity index (χ3n) is 6.84. The maximum absolute atomic E-state index is 5.10. The first-order chi connectivity index (χ1) is 16.9. The molecule has 1 aromatic heterocycles. The molecular weight excluding hydrogens is 414 g/mol. The molecule has 0 saturated heterocycles. The van der Waals surface area contributed by atoms with Crippen LogP contribution in [-0.4, -0.2) is 15.6 Å². The summed E-state index contributed by atoms with van der Waals surface area (Å²) < 4.78 is 2.33. The Bertz CT molecular complexity index is 1520. The maximum atomic E-state index is 5.10. The van der Waals surface area contributed by atoms with Gasteiger partial charge in [0.1, 0.15) is 0 Å². The summed E-state index contributed by atoms with van der Waals surface area (Å²) >= 11 is 0. The van der Waals surface area contributed by atoms with E-state index in [1.54, 1.807) is 0 Å². The van der Waals surface area contributed by atoms with Crippen molar-refractivity contribution in [3.63, 3.8) is 0 Å². The number of para-hydroxylation sites is 2. The molecule has 4 aromatic carbocycles. The van der Waals surface area contributed by atoms with Gasteiger partial charge < -0.3 is 4.90 Å². The normalized spacial score (nSPS) is 16.4. The molecule has 1 unspecified atom stereocenters. The summed E-state index contributed by atoms with van der Waals surface area (Å²) in [4.78, 5) is 7.53. The molecule has 2 aliphatic rings. The molecule has 2 heterocycles. The number of hydrogen-bond donors (Lipinski definition) is 0. The largest absolute Gasteiger partial charge is 0.302 e. The molecule has 7 rings (SSSR count). The monoisotopic (exact) mass is 437 g/mol. The van der Waals surface area contributed by atoms with E-state index in [0.29, 0.717) is 0 Å². The van der Waals surface area contributed by atoms with Gasteiger partial charge in [-0.05, 0) is 65.1 Å². The molecule has 3 nitrogen and oxygen atoms in total. The van der Waals surface area contributed by atoms with Crippen LogP contribution in [0.5, 0.6) is 0 Å². The van der Waals surface area contributed by atoms with Crippen LogP contribution in [0.4, 0.5) is 11.6 Å². The lowest BCUT2D eigenvalue weighted by atomic mass is 9.96. The lowest BCUT2D eigenvalue weighted by molar-refractivity contribution is 0.819. The average Bonchev–Trinajstić information content (AvgIpc) is 3.44. The number of allylic oxidation sites excluding steroid dienone is 2. The molecule has 3 heteroatoms. The smallest absolute Gasteiger partial charge is 0.216 e. The van der Waals surface area contributed by atoms with Crippen LogP contribution < -0.4 is 4.90 Å². The Labute approximate surface area is 198 Å². The van der Waals surface area contributed by atoms with Gasteiger partial charge in [0.15, 0.2) is 0 Å². The van der Waals surface area contributed by atoms with Gasteiger partial charge in [0, 0.05) is 11.4 Å². The fraction of sp³-hybridized carbons (Fsp3) is 0.0645. The molecule has 0 saturated carbocycles. The van der Waals surface area contributed by atoms with Crippen LogP contribution in [0.3, 0.4) is 0 Å². The Morgan fingerprint density at radius 1 is 0.676 bits per heavy atom. The number of anilines is 2. The molecule has 0 spiro atoms. The molecule has 0 N–H and O–H groups in total. The Morgan fingerprint density at radius 3 is 2.03 bits per heavy atom. The van der Waals surface area contributed by atoms with E-state index in [2.05, 4.69) is 131 Å². The lowest BCUT2D eigenvalue weighted by Gasteiger charge is -2.27. The second kappa shape index (κ2) is 7.60. The predicted octanol–water partition coefficient (Wildman–Crippen LogP) is 7.69. The predicted molar refractivity (Wildman–Crippen MR) is 141 cm³/mol. The second-order valence-electron chi connectivity index (χ2n) is 8.88. The van der Waals surface area contributed by atoms with Gasteiger partial charge in [-0.1, -0.05) is 84.9 Å². The number of benzene rings is 4. The van der Waals surface area contributed by atoms with Gasteiger partial charge in [-0.3, -0.25) is 4.57 Å². The molecule has 162 valence electrons. The van der Waals surface area contributed by atoms with Crippen LogP contribution in [0.2, 0.25) is 0 Å². The zero-order chi connectivity index (χ0) is 22.5. The molecular formula is C31H23N3. The van der Waals surface area contributed by atoms with Crippen molar-refractivity contribution in [1.29, 1.82) is 0 Å². The molecule has 0 radical (unpaired) electrons. The van der Waals surface area contributed by atoms with Crippen molar-refractivity contribution in [2.24, 2.45) is 0 Å². The van der Waals surface area contributed by atoms with Crippen molar-refractivity contribution >= 4 is 28.4 Å². The highest BCUT2D eigenvalue weighted by Gasteiger charge is 2.38. The van der Waals surface area contributed by atoms with E-state index in [9.17, 15) is 0 Å². The number of rotatable bonds is 3. The van der Waals surface area contributed by atoms with Crippen LogP contribution in [-0.2, 0) is 0 Å². The average molecular weight is 438 g/mol. The Hall–Kier alpha value is -4.37. The van der Waals surface area contributed by atoms with E-state index >= 15 is 0 Å². The topological polar surface area (TPSA) is 21.1 Å². The van der Waals surface area contributed by atoms with Crippen molar-refractivity contribution in [3.8, 4) is 22.3 Å². The summed E-state index contributed by atoms with van der Waals surface area (Å²) in [5.41, 5.74) is 9.50. The third-order valence-corrected chi connectivity index (χ3v) is 6.84. The maximum Gasteiger partial charge on any atom is 0.216 e. The minimum atomic E-state index is 0.228. The Kier molecular flexibility index (Phi) is 4.28. The Morgan fingerprint density at radius 2 is 1.32 bits per heavy atom. The van der Waals surface area contributed by atoms with E-state index in [-0.39, 0.29) is 6.04 Å². The first kappa shape index (κ1) is 19.1. The summed E-state index contributed by atoms with van der Waals surface area (Å²) in [5, 5.41) is 0. The summed E-state index contributed by atoms with van der Waals surface area (Å²) in [7, 11) is 0. The van der Waals surface area contributed by atoms with Gasteiger partial charge in [0.05, 0.1) is 17.1 Å². The Balaban J connectivity index is 1.48. The molecule has 0 bridgehead atoms. The third kappa shape index (κ3) is 2.94. The van der Waals surface area contributed by atoms with Gasteiger partial charge >= 0.3 is 0 Å². The van der Waals surface area contributed by atoms with Crippen LogP contribution >= 0.6 is 0 Å². The highest BCUT2D eigenvalue weighted by Crippen LogP contribution is 2.46. The highest BCUT2D eigenvalue weighted by molar-refractivity contribution is 5.92. The van der Waals surface area contributed by atoms with Gasteiger partial charge in [0.2, 0.25) is 5.95 Å². The van der Waals surface area contributed by atoms with Crippen LogP contribution in [0.1, 0.15) is 6.42 Å². The van der Waals surface area contributed by atoms with Crippen molar-refractivity contribution < 1.29 is 0 Å². The zero-order valence-electron chi connectivity index (χ0n) is 18.7. The molecule has 5 aromatic rings. The van der Waals surface area contributed by atoms with Crippen LogP contribution in [0.15, 0.2) is 121 Å². The summed E-state index contributed by atoms with van der Waals surface area (Å²) in [6.07, 6.45) is 7.63. The zero-order valence-corrected chi connectivity index (χ0v) is 18.7. The molecule has 1 aliphatic heterocycles. The first-order valence-electron chi connectivity index (χ1n) is 11.8.